The molecule has 0 amide bonds. The fourth-order valence-corrected chi connectivity index (χ4v) is 4.97. The van der Waals surface area contributed by atoms with Crippen molar-refractivity contribution in [3.63, 3.8) is 0 Å². The second-order valence-corrected chi connectivity index (χ2v) is 10.0. The Kier molecular flexibility index (Phi) is 9.12. The van der Waals surface area contributed by atoms with Gasteiger partial charge in [0, 0.05) is 23.8 Å². The second kappa shape index (κ2) is 12.3. The van der Waals surface area contributed by atoms with Crippen LogP contribution in [0.3, 0.4) is 0 Å². The first-order chi connectivity index (χ1) is 19.7. The fraction of sp³-hybridized carbons (Fsp3) is 0.333. The minimum absolute atomic E-state index is 0.0500. The SMILES string of the molecule is C=CCCC1CCC(C(F)(F)Oc2ccc(-c3cc(F)c(C(F)(F)Oc4cc(F)c(F)c(F)c4)c(F)c3)c(F)c2)CC1. The van der Waals surface area contributed by atoms with Gasteiger partial charge in [0.1, 0.15) is 34.5 Å². The molecule has 42 heavy (non-hydrogen) atoms. The van der Waals surface area contributed by atoms with Crippen molar-refractivity contribution in [2.45, 2.75) is 50.7 Å². The Hall–Kier alpha value is -3.70. The van der Waals surface area contributed by atoms with Crippen LogP contribution in [0.2, 0.25) is 0 Å². The molecule has 0 spiro atoms. The van der Waals surface area contributed by atoms with Crippen LogP contribution in [0.15, 0.2) is 55.1 Å². The molecule has 0 heterocycles. The summed E-state index contributed by atoms with van der Waals surface area (Å²) in [7, 11) is 0. The molecule has 12 heteroatoms. The second-order valence-electron chi connectivity index (χ2n) is 10.0. The van der Waals surface area contributed by atoms with E-state index in [-0.39, 0.29) is 25.0 Å². The lowest BCUT2D eigenvalue weighted by atomic mass is 9.79. The van der Waals surface area contributed by atoms with Gasteiger partial charge in [-0.05, 0) is 74.3 Å². The zero-order valence-electron chi connectivity index (χ0n) is 21.8. The molecule has 226 valence electrons. The van der Waals surface area contributed by atoms with Crippen molar-refractivity contribution >= 4 is 0 Å². The minimum atomic E-state index is -4.84. The molecule has 4 rings (SSSR count). The predicted molar refractivity (Wildman–Crippen MR) is 133 cm³/mol. The molecular formula is C30H24F10O2. The molecule has 0 aromatic heterocycles. The van der Waals surface area contributed by atoms with Crippen LogP contribution in [0.25, 0.3) is 11.1 Å². The van der Waals surface area contributed by atoms with Crippen molar-refractivity contribution in [3.8, 4) is 22.6 Å². The maximum absolute atomic E-state index is 14.9. The molecule has 0 saturated heterocycles. The third kappa shape index (κ3) is 6.84. The van der Waals surface area contributed by atoms with Gasteiger partial charge in [-0.1, -0.05) is 6.08 Å². The number of hydrogen-bond donors (Lipinski definition) is 0. The molecule has 0 bridgehead atoms. The molecule has 1 fully saturated rings. The highest BCUT2D eigenvalue weighted by molar-refractivity contribution is 5.66. The van der Waals surface area contributed by atoms with Crippen molar-refractivity contribution in [3.05, 3.63) is 95.6 Å². The van der Waals surface area contributed by atoms with Crippen LogP contribution in [0.1, 0.15) is 44.1 Å². The predicted octanol–water partition coefficient (Wildman–Crippen LogP) is 10.1. The van der Waals surface area contributed by atoms with Gasteiger partial charge in [-0.25, -0.2) is 26.3 Å². The smallest absolute Gasteiger partial charge is 0.432 e. The van der Waals surface area contributed by atoms with E-state index in [0.29, 0.717) is 37.0 Å². The Morgan fingerprint density at radius 1 is 0.714 bits per heavy atom. The molecule has 0 unspecified atom stereocenters. The topological polar surface area (TPSA) is 18.5 Å². The summed E-state index contributed by atoms with van der Waals surface area (Å²) in [5.41, 5.74) is -3.07. The molecular weight excluding hydrogens is 582 g/mol. The Bertz CT molecular complexity index is 1400. The maximum Gasteiger partial charge on any atom is 0.432 e. The zero-order chi connectivity index (χ0) is 30.8. The molecule has 3 aromatic carbocycles. The summed E-state index contributed by atoms with van der Waals surface area (Å²) in [6.07, 6.45) is -3.45. The van der Waals surface area contributed by atoms with Crippen LogP contribution in [0.4, 0.5) is 43.9 Å². The van der Waals surface area contributed by atoms with E-state index in [1.165, 1.54) is 0 Å². The van der Waals surface area contributed by atoms with Crippen molar-refractivity contribution in [1.29, 1.82) is 0 Å². The van der Waals surface area contributed by atoms with Crippen molar-refractivity contribution < 1.29 is 53.4 Å². The van der Waals surface area contributed by atoms with Crippen molar-refractivity contribution in [1.82, 2.24) is 0 Å². The van der Waals surface area contributed by atoms with Crippen LogP contribution in [0, 0.1) is 46.7 Å². The lowest BCUT2D eigenvalue weighted by Crippen LogP contribution is -2.37. The Morgan fingerprint density at radius 2 is 1.29 bits per heavy atom. The molecule has 0 aliphatic heterocycles. The largest absolute Gasteiger partial charge is 0.432 e. The number of halogens is 10. The Morgan fingerprint density at radius 3 is 1.83 bits per heavy atom. The summed E-state index contributed by atoms with van der Waals surface area (Å²) in [5.74, 6) is -13.4. The van der Waals surface area contributed by atoms with Crippen LogP contribution in [0.5, 0.6) is 11.5 Å². The highest BCUT2D eigenvalue weighted by Crippen LogP contribution is 2.42. The van der Waals surface area contributed by atoms with Gasteiger partial charge in [0.25, 0.3) is 0 Å². The first-order valence-electron chi connectivity index (χ1n) is 12.9. The van der Waals surface area contributed by atoms with E-state index < -0.39 is 81.2 Å². The summed E-state index contributed by atoms with van der Waals surface area (Å²) < 4.78 is 152. The maximum atomic E-state index is 14.9. The number of hydrogen-bond acceptors (Lipinski definition) is 2. The van der Waals surface area contributed by atoms with Crippen LogP contribution < -0.4 is 9.47 Å². The van der Waals surface area contributed by atoms with Crippen LogP contribution in [-0.4, -0.2) is 6.11 Å². The van der Waals surface area contributed by atoms with Crippen molar-refractivity contribution in [2.75, 3.05) is 0 Å². The molecule has 1 aliphatic rings. The molecule has 3 aromatic rings. The lowest BCUT2D eigenvalue weighted by Gasteiger charge is -2.33. The molecule has 1 saturated carbocycles. The normalized spacial score (nSPS) is 17.7. The summed E-state index contributed by atoms with van der Waals surface area (Å²) >= 11 is 0. The summed E-state index contributed by atoms with van der Waals surface area (Å²) in [5, 5.41) is 0. The van der Waals surface area contributed by atoms with Gasteiger partial charge in [-0.2, -0.15) is 17.6 Å². The summed E-state index contributed by atoms with van der Waals surface area (Å²) in [6, 6.07) is 3.18. The van der Waals surface area contributed by atoms with Crippen molar-refractivity contribution in [2.24, 2.45) is 11.8 Å². The average Bonchev–Trinajstić information content (AvgIpc) is 2.89. The first kappa shape index (κ1) is 31.2. The molecule has 0 N–H and O–H groups in total. The molecule has 1 aliphatic carbocycles. The zero-order valence-corrected chi connectivity index (χ0v) is 21.8. The third-order valence-electron chi connectivity index (χ3n) is 7.14. The van der Waals surface area contributed by atoms with Crippen LogP contribution >= 0.6 is 0 Å². The van der Waals surface area contributed by atoms with E-state index >= 15 is 0 Å². The van der Waals surface area contributed by atoms with Gasteiger partial charge in [-0.15, -0.1) is 6.58 Å². The average molecular weight is 606 g/mol. The molecule has 2 nitrogen and oxygen atoms in total. The quantitative estimate of drug-likeness (QED) is 0.130. The van der Waals surface area contributed by atoms with E-state index in [9.17, 15) is 43.9 Å². The Balaban J connectivity index is 1.50. The lowest BCUT2D eigenvalue weighted by molar-refractivity contribution is -0.223. The van der Waals surface area contributed by atoms with E-state index in [1.807, 2.05) is 0 Å². The van der Waals surface area contributed by atoms with Gasteiger partial charge in [0.15, 0.2) is 17.5 Å². The number of benzene rings is 3. The Labute approximate surface area is 234 Å². The number of allylic oxidation sites excluding steroid dienone is 1. The van der Waals surface area contributed by atoms with Gasteiger partial charge >= 0.3 is 12.2 Å². The number of ether oxygens (including phenoxy) is 2. The van der Waals surface area contributed by atoms with E-state index in [0.717, 1.165) is 25.0 Å². The van der Waals surface area contributed by atoms with Gasteiger partial charge < -0.3 is 9.47 Å². The van der Waals surface area contributed by atoms with Gasteiger partial charge in [0.2, 0.25) is 0 Å². The van der Waals surface area contributed by atoms with Gasteiger partial charge in [-0.3, -0.25) is 0 Å². The highest BCUT2D eigenvalue weighted by atomic mass is 19.3. The highest BCUT2D eigenvalue weighted by Gasteiger charge is 2.44. The van der Waals surface area contributed by atoms with E-state index in [4.69, 9.17) is 4.74 Å². The standard InChI is InChI=1S/C30H24F10O2/c1-2-3-4-16-5-7-18(8-6-16)29(37,38)41-19-9-10-21(22(31)13-19)17-11-23(32)27(24(33)12-17)30(39,40)42-20-14-25(34)28(36)26(35)15-20/h2,9-16,18H,1,3-8H2. The van der Waals surface area contributed by atoms with Crippen LogP contribution in [-0.2, 0) is 6.11 Å². The first-order valence-corrected chi connectivity index (χ1v) is 12.9. The minimum Gasteiger partial charge on any atom is -0.432 e. The fourth-order valence-electron chi connectivity index (χ4n) is 4.97. The summed E-state index contributed by atoms with van der Waals surface area (Å²) in [4.78, 5) is 0. The van der Waals surface area contributed by atoms with E-state index in [1.54, 1.807) is 6.08 Å². The monoisotopic (exact) mass is 606 g/mol. The number of alkyl halides is 4. The van der Waals surface area contributed by atoms with E-state index in [2.05, 4.69) is 11.3 Å². The third-order valence-corrected chi connectivity index (χ3v) is 7.14. The molecule has 0 radical (unpaired) electrons. The molecule has 0 atom stereocenters. The van der Waals surface area contributed by atoms with Gasteiger partial charge in [0.05, 0.1) is 5.92 Å². The number of rotatable bonds is 10. The summed E-state index contributed by atoms with van der Waals surface area (Å²) in [6.45, 7) is 3.65.